The minimum atomic E-state index is -0.815. The summed E-state index contributed by atoms with van der Waals surface area (Å²) in [6.45, 7) is 4.38. The van der Waals surface area contributed by atoms with E-state index in [9.17, 15) is 14.9 Å². The first-order valence-electron chi connectivity index (χ1n) is 6.81. The summed E-state index contributed by atoms with van der Waals surface area (Å²) in [6.07, 6.45) is 1.77. The first kappa shape index (κ1) is 15.9. The molecule has 1 saturated heterocycles. The Bertz CT molecular complexity index is 569. The fourth-order valence-corrected chi connectivity index (χ4v) is 2.90. The fraction of sp³-hybridized carbons (Fsp3) is 0.500. The van der Waals surface area contributed by atoms with E-state index in [1.165, 1.54) is 6.07 Å². The second kappa shape index (κ2) is 6.11. The van der Waals surface area contributed by atoms with Crippen LogP contribution in [0.15, 0.2) is 22.7 Å². The normalized spacial score (nSPS) is 18.5. The quantitative estimate of drug-likeness (QED) is 0.641. The maximum absolute atomic E-state index is 12.2. The molecular weight excluding hydrogens is 338 g/mol. The molecule has 2 N–H and O–H groups in total. The van der Waals surface area contributed by atoms with E-state index in [2.05, 4.69) is 26.6 Å². The van der Waals surface area contributed by atoms with Crippen LogP contribution in [0.4, 0.5) is 5.69 Å². The van der Waals surface area contributed by atoms with Crippen molar-refractivity contribution in [3.63, 3.8) is 0 Å². The molecule has 7 heteroatoms. The van der Waals surface area contributed by atoms with Crippen LogP contribution in [-0.2, 0) is 10.3 Å². The first-order chi connectivity index (χ1) is 9.81. The van der Waals surface area contributed by atoms with Gasteiger partial charge in [-0.1, -0.05) is 15.9 Å². The lowest BCUT2D eigenvalue weighted by molar-refractivity contribution is -0.386. The number of hydrogen-bond acceptors (Lipinski definition) is 4. The number of carbonyl (C=O) groups excluding carboxylic acids is 1. The molecule has 6 nitrogen and oxygen atoms in total. The molecule has 0 spiro atoms. The van der Waals surface area contributed by atoms with E-state index in [-0.39, 0.29) is 17.6 Å². The minimum Gasteiger partial charge on any atom is -0.346 e. The predicted molar refractivity (Wildman–Crippen MR) is 83.0 cm³/mol. The van der Waals surface area contributed by atoms with Crippen molar-refractivity contribution in [1.82, 2.24) is 10.6 Å². The Balaban J connectivity index is 2.26. The molecule has 114 valence electrons. The third-order valence-electron chi connectivity index (χ3n) is 3.64. The number of hydrogen-bond donors (Lipinski definition) is 2. The van der Waals surface area contributed by atoms with Gasteiger partial charge in [0.15, 0.2) is 0 Å². The molecule has 1 atom stereocenters. The fourth-order valence-electron chi connectivity index (χ4n) is 2.56. The summed E-state index contributed by atoms with van der Waals surface area (Å²) in [5.74, 6) is -0.116. The van der Waals surface area contributed by atoms with Gasteiger partial charge in [0.05, 0.1) is 22.1 Å². The van der Waals surface area contributed by atoms with Crippen molar-refractivity contribution in [2.75, 3.05) is 6.54 Å². The summed E-state index contributed by atoms with van der Waals surface area (Å²) >= 11 is 3.23. The van der Waals surface area contributed by atoms with Gasteiger partial charge in [0, 0.05) is 10.5 Å². The van der Waals surface area contributed by atoms with Crippen LogP contribution >= 0.6 is 15.9 Å². The van der Waals surface area contributed by atoms with Gasteiger partial charge in [-0.05, 0) is 45.4 Å². The van der Waals surface area contributed by atoms with Gasteiger partial charge in [-0.15, -0.1) is 0 Å². The Morgan fingerprint density at radius 1 is 1.52 bits per heavy atom. The summed E-state index contributed by atoms with van der Waals surface area (Å²) in [5, 5.41) is 17.3. The molecule has 1 heterocycles. The molecule has 1 aliphatic rings. The molecule has 0 saturated carbocycles. The number of nitrogens with one attached hydrogen (secondary N) is 2. The van der Waals surface area contributed by atoms with Gasteiger partial charge in [0.25, 0.3) is 5.69 Å². The Kier molecular flexibility index (Phi) is 4.63. The van der Waals surface area contributed by atoms with Crippen LogP contribution < -0.4 is 10.6 Å². The lowest BCUT2D eigenvalue weighted by atomic mass is 9.92. The number of benzene rings is 1. The van der Waals surface area contributed by atoms with Gasteiger partial charge >= 0.3 is 0 Å². The average molecular weight is 356 g/mol. The van der Waals surface area contributed by atoms with Crippen molar-refractivity contribution in [2.45, 2.75) is 38.3 Å². The van der Waals surface area contributed by atoms with Crippen molar-refractivity contribution in [3.05, 3.63) is 38.3 Å². The molecule has 21 heavy (non-hydrogen) atoms. The third-order valence-corrected chi connectivity index (χ3v) is 4.14. The molecule has 1 fully saturated rings. The molecule has 0 unspecified atom stereocenters. The molecule has 1 amide bonds. The SMILES string of the molecule is CC(C)(NC(=O)[C@@H]1CCCN1)c1ccc(Br)cc1[N+](=O)[O-]. The number of rotatable bonds is 4. The van der Waals surface area contributed by atoms with Gasteiger partial charge in [-0.2, -0.15) is 0 Å². The van der Waals surface area contributed by atoms with Crippen LogP contribution in [0.3, 0.4) is 0 Å². The topological polar surface area (TPSA) is 84.3 Å². The van der Waals surface area contributed by atoms with Crippen LogP contribution in [0.1, 0.15) is 32.3 Å². The van der Waals surface area contributed by atoms with Crippen molar-refractivity contribution in [3.8, 4) is 0 Å². The number of amides is 1. The lowest BCUT2D eigenvalue weighted by Gasteiger charge is -2.28. The molecule has 1 aromatic carbocycles. The van der Waals surface area contributed by atoms with E-state index in [0.717, 1.165) is 19.4 Å². The highest BCUT2D eigenvalue weighted by atomic mass is 79.9. The summed E-state index contributed by atoms with van der Waals surface area (Å²) in [4.78, 5) is 23.0. The smallest absolute Gasteiger partial charge is 0.276 e. The Morgan fingerprint density at radius 2 is 2.24 bits per heavy atom. The lowest BCUT2D eigenvalue weighted by Crippen LogP contribution is -2.48. The van der Waals surface area contributed by atoms with Crippen LogP contribution in [0.2, 0.25) is 0 Å². The molecule has 1 aliphatic heterocycles. The van der Waals surface area contributed by atoms with Crippen LogP contribution in [-0.4, -0.2) is 23.4 Å². The summed E-state index contributed by atoms with van der Waals surface area (Å²) in [5.41, 5.74) is -0.333. The summed E-state index contributed by atoms with van der Waals surface area (Å²) in [6, 6.07) is 4.66. The number of carbonyl (C=O) groups is 1. The summed E-state index contributed by atoms with van der Waals surface area (Å²) in [7, 11) is 0. The highest BCUT2D eigenvalue weighted by Gasteiger charge is 2.33. The standard InChI is InChI=1S/C14H18BrN3O3/c1-14(2,17-13(19)11-4-3-7-16-11)10-6-5-9(15)8-12(10)18(20)21/h5-6,8,11,16H,3-4,7H2,1-2H3,(H,17,19)/t11-/m0/s1. The molecule has 0 aliphatic carbocycles. The molecule has 0 radical (unpaired) electrons. The Labute approximate surface area is 131 Å². The number of halogens is 1. The Hall–Kier alpha value is -1.47. The zero-order valence-corrected chi connectivity index (χ0v) is 13.6. The predicted octanol–water partition coefficient (Wildman–Crippen LogP) is 2.46. The monoisotopic (exact) mass is 355 g/mol. The first-order valence-corrected chi connectivity index (χ1v) is 7.60. The molecule has 1 aromatic rings. The highest BCUT2D eigenvalue weighted by molar-refractivity contribution is 9.10. The van der Waals surface area contributed by atoms with E-state index >= 15 is 0 Å². The second-order valence-electron chi connectivity index (χ2n) is 5.68. The van der Waals surface area contributed by atoms with Crippen LogP contribution in [0.25, 0.3) is 0 Å². The molecule has 0 bridgehead atoms. The molecular formula is C14H18BrN3O3. The van der Waals surface area contributed by atoms with Crippen molar-refractivity contribution in [1.29, 1.82) is 0 Å². The minimum absolute atomic E-state index is 0.00550. The highest BCUT2D eigenvalue weighted by Crippen LogP contribution is 2.32. The average Bonchev–Trinajstić information content (AvgIpc) is 2.91. The zero-order valence-electron chi connectivity index (χ0n) is 12.0. The van der Waals surface area contributed by atoms with E-state index < -0.39 is 10.5 Å². The Morgan fingerprint density at radius 3 is 2.81 bits per heavy atom. The molecule has 0 aromatic heterocycles. The maximum Gasteiger partial charge on any atom is 0.276 e. The van der Waals surface area contributed by atoms with Gasteiger partial charge in [0.1, 0.15) is 0 Å². The number of nitrogens with zero attached hydrogens (tertiary/aromatic N) is 1. The van der Waals surface area contributed by atoms with Crippen molar-refractivity contribution >= 4 is 27.5 Å². The van der Waals surface area contributed by atoms with Crippen LogP contribution in [0.5, 0.6) is 0 Å². The van der Waals surface area contributed by atoms with Gasteiger partial charge in [-0.3, -0.25) is 14.9 Å². The van der Waals surface area contributed by atoms with Gasteiger partial charge in [0.2, 0.25) is 5.91 Å². The van der Waals surface area contributed by atoms with E-state index in [1.807, 2.05) is 0 Å². The van der Waals surface area contributed by atoms with Crippen molar-refractivity contribution in [2.24, 2.45) is 0 Å². The largest absolute Gasteiger partial charge is 0.346 e. The van der Waals surface area contributed by atoms with E-state index in [0.29, 0.717) is 10.0 Å². The van der Waals surface area contributed by atoms with Crippen LogP contribution in [0, 0.1) is 10.1 Å². The third kappa shape index (κ3) is 3.59. The van der Waals surface area contributed by atoms with Gasteiger partial charge in [-0.25, -0.2) is 0 Å². The number of nitro groups is 1. The molecule has 2 rings (SSSR count). The van der Waals surface area contributed by atoms with Gasteiger partial charge < -0.3 is 10.6 Å². The van der Waals surface area contributed by atoms with E-state index in [1.54, 1.807) is 26.0 Å². The zero-order chi connectivity index (χ0) is 15.6. The second-order valence-corrected chi connectivity index (χ2v) is 6.60. The number of nitro benzene ring substituents is 1. The van der Waals surface area contributed by atoms with Crippen molar-refractivity contribution < 1.29 is 9.72 Å². The summed E-state index contributed by atoms with van der Waals surface area (Å²) < 4.78 is 0.637. The maximum atomic E-state index is 12.2. The van der Waals surface area contributed by atoms with E-state index in [4.69, 9.17) is 0 Å².